The van der Waals surface area contributed by atoms with E-state index in [1.54, 1.807) is 7.05 Å². The zero-order valence-corrected chi connectivity index (χ0v) is 11.3. The van der Waals surface area contributed by atoms with Crippen molar-refractivity contribution in [3.05, 3.63) is 0 Å². The Balaban J connectivity index is 3.72. The molecule has 96 valence electrons. The third-order valence-corrected chi connectivity index (χ3v) is 2.63. The van der Waals surface area contributed by atoms with E-state index in [9.17, 15) is 4.79 Å². The maximum atomic E-state index is 11.0. The summed E-state index contributed by atoms with van der Waals surface area (Å²) in [5, 5.41) is 6.14. The molecule has 0 saturated carbocycles. The van der Waals surface area contributed by atoms with Crippen LogP contribution in [0.5, 0.6) is 0 Å². The van der Waals surface area contributed by atoms with Crippen LogP contribution in [-0.2, 0) is 4.79 Å². The van der Waals surface area contributed by atoms with Crippen LogP contribution in [0.25, 0.3) is 0 Å². The summed E-state index contributed by atoms with van der Waals surface area (Å²) in [6.45, 7) is 6.39. The van der Waals surface area contributed by atoms with Crippen molar-refractivity contribution in [2.45, 2.75) is 32.7 Å². The SMILES string of the molecule is CNC(=O)CCCNC(CN(C)C)C(C)C. The Kier molecular flexibility index (Phi) is 8.21. The molecular formula is C12H27N3O. The highest BCUT2D eigenvalue weighted by atomic mass is 16.1. The average Bonchev–Trinajstić information content (AvgIpc) is 2.21. The summed E-state index contributed by atoms with van der Waals surface area (Å²) >= 11 is 0. The lowest BCUT2D eigenvalue weighted by Crippen LogP contribution is -2.42. The standard InChI is InChI=1S/C12H27N3O/c1-10(2)11(9-15(4)5)14-8-6-7-12(16)13-3/h10-11,14H,6-9H2,1-5H3,(H,13,16). The van der Waals surface area contributed by atoms with E-state index in [1.165, 1.54) is 0 Å². The van der Waals surface area contributed by atoms with E-state index < -0.39 is 0 Å². The molecule has 16 heavy (non-hydrogen) atoms. The van der Waals surface area contributed by atoms with E-state index in [-0.39, 0.29) is 5.91 Å². The topological polar surface area (TPSA) is 44.4 Å². The molecule has 1 unspecified atom stereocenters. The first-order chi connectivity index (χ1) is 7.47. The van der Waals surface area contributed by atoms with Gasteiger partial charge in [0.2, 0.25) is 5.91 Å². The van der Waals surface area contributed by atoms with Gasteiger partial charge < -0.3 is 15.5 Å². The molecule has 2 N–H and O–H groups in total. The fraction of sp³-hybridized carbons (Fsp3) is 0.917. The van der Waals surface area contributed by atoms with Gasteiger partial charge in [-0.25, -0.2) is 0 Å². The van der Waals surface area contributed by atoms with E-state index >= 15 is 0 Å². The Morgan fingerprint density at radius 3 is 2.38 bits per heavy atom. The highest BCUT2D eigenvalue weighted by Crippen LogP contribution is 2.02. The average molecular weight is 229 g/mol. The lowest BCUT2D eigenvalue weighted by molar-refractivity contribution is -0.120. The van der Waals surface area contributed by atoms with Crippen LogP contribution in [0.3, 0.4) is 0 Å². The molecule has 1 amide bonds. The van der Waals surface area contributed by atoms with Gasteiger partial charge in [-0.3, -0.25) is 4.79 Å². The van der Waals surface area contributed by atoms with Crippen LogP contribution in [0.4, 0.5) is 0 Å². The fourth-order valence-corrected chi connectivity index (χ4v) is 1.57. The summed E-state index contributed by atoms with van der Waals surface area (Å²) in [5.41, 5.74) is 0. The molecule has 0 fully saturated rings. The molecule has 0 aromatic rings. The van der Waals surface area contributed by atoms with Gasteiger partial charge in [-0.1, -0.05) is 13.8 Å². The van der Waals surface area contributed by atoms with Crippen molar-refractivity contribution in [3.63, 3.8) is 0 Å². The van der Waals surface area contributed by atoms with Gasteiger partial charge >= 0.3 is 0 Å². The largest absolute Gasteiger partial charge is 0.359 e. The van der Waals surface area contributed by atoms with Gasteiger partial charge in [0.15, 0.2) is 0 Å². The lowest BCUT2D eigenvalue weighted by atomic mass is 10.0. The molecule has 0 rings (SSSR count). The van der Waals surface area contributed by atoms with E-state index in [0.29, 0.717) is 18.4 Å². The molecule has 0 spiro atoms. The predicted octanol–water partition coefficient (Wildman–Crippen LogP) is 0.688. The maximum absolute atomic E-state index is 11.0. The van der Waals surface area contributed by atoms with Crippen molar-refractivity contribution in [2.75, 3.05) is 34.2 Å². The lowest BCUT2D eigenvalue weighted by Gasteiger charge is -2.25. The number of nitrogens with one attached hydrogen (secondary N) is 2. The summed E-state index contributed by atoms with van der Waals surface area (Å²) < 4.78 is 0. The Hall–Kier alpha value is -0.610. The van der Waals surface area contributed by atoms with Crippen LogP contribution in [0.15, 0.2) is 0 Å². The summed E-state index contributed by atoms with van der Waals surface area (Å²) in [5.74, 6) is 0.734. The Bertz CT molecular complexity index is 193. The third kappa shape index (κ3) is 7.65. The molecule has 0 aliphatic carbocycles. The second-order valence-electron chi connectivity index (χ2n) is 4.84. The van der Waals surface area contributed by atoms with Crippen LogP contribution in [0, 0.1) is 5.92 Å². The molecule has 0 aliphatic rings. The Morgan fingerprint density at radius 1 is 1.31 bits per heavy atom. The second kappa shape index (κ2) is 8.53. The smallest absolute Gasteiger partial charge is 0.219 e. The van der Waals surface area contributed by atoms with Crippen LogP contribution in [-0.4, -0.2) is 51.1 Å². The van der Waals surface area contributed by atoms with Gasteiger partial charge in [-0.15, -0.1) is 0 Å². The van der Waals surface area contributed by atoms with Crippen molar-refractivity contribution < 1.29 is 4.79 Å². The quantitative estimate of drug-likeness (QED) is 0.602. The van der Waals surface area contributed by atoms with Crippen molar-refractivity contribution >= 4 is 5.91 Å². The molecule has 0 aliphatic heterocycles. The minimum Gasteiger partial charge on any atom is -0.359 e. The molecule has 4 heteroatoms. The van der Waals surface area contributed by atoms with Gasteiger partial charge in [0.05, 0.1) is 0 Å². The van der Waals surface area contributed by atoms with Gasteiger partial charge in [-0.2, -0.15) is 0 Å². The van der Waals surface area contributed by atoms with Crippen molar-refractivity contribution in [2.24, 2.45) is 5.92 Å². The fourth-order valence-electron chi connectivity index (χ4n) is 1.57. The van der Waals surface area contributed by atoms with E-state index in [2.05, 4.69) is 43.5 Å². The summed E-state index contributed by atoms with van der Waals surface area (Å²) in [4.78, 5) is 13.2. The number of amides is 1. The molecule has 4 nitrogen and oxygen atoms in total. The normalized spacial score (nSPS) is 13.2. The Morgan fingerprint density at radius 2 is 1.94 bits per heavy atom. The Labute approximate surface area is 99.8 Å². The summed E-state index contributed by atoms with van der Waals surface area (Å²) in [6, 6.07) is 0.500. The second-order valence-corrected chi connectivity index (χ2v) is 4.84. The number of rotatable bonds is 8. The minimum atomic E-state index is 0.121. The van der Waals surface area contributed by atoms with Crippen LogP contribution in [0.2, 0.25) is 0 Å². The first-order valence-corrected chi connectivity index (χ1v) is 6.06. The highest BCUT2D eigenvalue weighted by Gasteiger charge is 2.13. The number of carbonyl (C=O) groups is 1. The molecule has 0 bridgehead atoms. The highest BCUT2D eigenvalue weighted by molar-refractivity contribution is 5.75. The van der Waals surface area contributed by atoms with Gasteiger partial charge in [-0.05, 0) is 33.0 Å². The molecule has 1 atom stereocenters. The monoisotopic (exact) mass is 229 g/mol. The van der Waals surface area contributed by atoms with Crippen molar-refractivity contribution in [1.29, 1.82) is 0 Å². The zero-order valence-electron chi connectivity index (χ0n) is 11.3. The predicted molar refractivity (Wildman–Crippen MR) is 68.5 cm³/mol. The van der Waals surface area contributed by atoms with Crippen LogP contribution < -0.4 is 10.6 Å². The first kappa shape index (κ1) is 15.4. The molecule has 0 radical (unpaired) electrons. The van der Waals surface area contributed by atoms with E-state index in [1.807, 2.05) is 0 Å². The molecule has 0 aromatic heterocycles. The molecule has 0 saturated heterocycles. The van der Waals surface area contributed by atoms with Crippen LogP contribution >= 0.6 is 0 Å². The first-order valence-electron chi connectivity index (χ1n) is 6.06. The van der Waals surface area contributed by atoms with Gasteiger partial charge in [0.1, 0.15) is 0 Å². The van der Waals surface area contributed by atoms with Gasteiger partial charge in [0.25, 0.3) is 0 Å². The number of carbonyl (C=O) groups excluding carboxylic acids is 1. The number of likely N-dealkylation sites (N-methyl/N-ethyl adjacent to an activating group) is 1. The van der Waals surface area contributed by atoms with E-state index in [0.717, 1.165) is 19.5 Å². The number of hydrogen-bond acceptors (Lipinski definition) is 3. The van der Waals surface area contributed by atoms with Crippen molar-refractivity contribution in [3.8, 4) is 0 Å². The molecule has 0 heterocycles. The minimum absolute atomic E-state index is 0.121. The molecule has 0 aromatic carbocycles. The maximum Gasteiger partial charge on any atom is 0.219 e. The zero-order chi connectivity index (χ0) is 12.6. The summed E-state index contributed by atoms with van der Waals surface area (Å²) in [6.07, 6.45) is 1.51. The molecular weight excluding hydrogens is 202 g/mol. The van der Waals surface area contributed by atoms with E-state index in [4.69, 9.17) is 0 Å². The third-order valence-electron chi connectivity index (χ3n) is 2.63. The van der Waals surface area contributed by atoms with Crippen LogP contribution in [0.1, 0.15) is 26.7 Å². The number of hydrogen-bond donors (Lipinski definition) is 2. The summed E-state index contributed by atoms with van der Waals surface area (Å²) in [7, 11) is 5.85. The van der Waals surface area contributed by atoms with Gasteiger partial charge in [0, 0.05) is 26.1 Å². The number of nitrogens with zero attached hydrogens (tertiary/aromatic N) is 1. The van der Waals surface area contributed by atoms with Crippen molar-refractivity contribution in [1.82, 2.24) is 15.5 Å².